The van der Waals surface area contributed by atoms with Crippen LogP contribution in [0.1, 0.15) is 64.7 Å². The van der Waals surface area contributed by atoms with Crippen LogP contribution in [0.15, 0.2) is 97.1 Å². The van der Waals surface area contributed by atoms with E-state index in [1.807, 2.05) is 54.6 Å². The molecule has 56 heavy (non-hydrogen) atoms. The number of imide groups is 1. The maximum absolute atomic E-state index is 13.0. The van der Waals surface area contributed by atoms with Crippen LogP contribution in [-0.4, -0.2) is 77.8 Å². The van der Waals surface area contributed by atoms with Gasteiger partial charge in [-0.3, -0.25) is 29.3 Å². The molecule has 0 aromatic heterocycles. The van der Waals surface area contributed by atoms with Gasteiger partial charge in [0.1, 0.15) is 24.1 Å². The van der Waals surface area contributed by atoms with Gasteiger partial charge in [0.2, 0.25) is 23.6 Å². The number of nitrogens with one attached hydrogen (secondary N) is 3. The highest BCUT2D eigenvalue weighted by atomic mass is 35.5. The molecule has 2 aliphatic rings. The van der Waals surface area contributed by atoms with Crippen molar-refractivity contribution >= 4 is 58.0 Å². The molecule has 0 bridgehead atoms. The second kappa shape index (κ2) is 19.1. The van der Waals surface area contributed by atoms with E-state index in [-0.39, 0.29) is 81.4 Å². The predicted octanol–water partition coefficient (Wildman–Crippen LogP) is 5.67. The summed E-state index contributed by atoms with van der Waals surface area (Å²) in [6.07, 6.45) is 1.20. The Hall–Kier alpha value is -5.98. The Morgan fingerprint density at radius 3 is 2.20 bits per heavy atom. The normalized spacial score (nSPS) is 15.5. The SMILES string of the molecule is O=C(CCOCCC(=O)Nc1cccc2c1CN(C1CCC(=O)NC1=O)C2=O)NCCOc1ccc(C(=C(CCCl)c2ccccc2)c2ccc(O)cc2)cc1. The first-order valence-corrected chi connectivity index (χ1v) is 19.0. The maximum Gasteiger partial charge on any atom is 0.255 e. The number of phenolic OH excluding ortho intramolecular Hbond substituents is 1. The van der Waals surface area contributed by atoms with Gasteiger partial charge in [0.25, 0.3) is 5.91 Å². The Morgan fingerprint density at radius 1 is 0.804 bits per heavy atom. The van der Waals surface area contributed by atoms with Crippen molar-refractivity contribution in [3.8, 4) is 11.5 Å². The molecule has 0 spiro atoms. The molecule has 4 aromatic carbocycles. The van der Waals surface area contributed by atoms with Gasteiger partial charge in [-0.2, -0.15) is 0 Å². The van der Waals surface area contributed by atoms with Crippen molar-refractivity contribution in [1.29, 1.82) is 0 Å². The molecule has 1 fully saturated rings. The monoisotopic (exact) mass is 778 g/mol. The third kappa shape index (κ3) is 10.0. The molecule has 0 saturated carbocycles. The number of phenols is 1. The minimum atomic E-state index is -0.747. The first-order valence-electron chi connectivity index (χ1n) is 18.5. The molecule has 13 heteroatoms. The van der Waals surface area contributed by atoms with E-state index in [9.17, 15) is 29.1 Å². The Kier molecular flexibility index (Phi) is 13.5. The van der Waals surface area contributed by atoms with Crippen molar-refractivity contribution in [2.75, 3.05) is 37.6 Å². The largest absolute Gasteiger partial charge is 0.508 e. The average molecular weight is 779 g/mol. The summed E-state index contributed by atoms with van der Waals surface area (Å²) >= 11 is 6.26. The highest BCUT2D eigenvalue weighted by molar-refractivity contribution is 6.18. The van der Waals surface area contributed by atoms with Gasteiger partial charge in [0.15, 0.2) is 0 Å². The molecule has 1 saturated heterocycles. The lowest BCUT2D eigenvalue weighted by Gasteiger charge is -2.29. The van der Waals surface area contributed by atoms with Crippen LogP contribution in [0.3, 0.4) is 0 Å². The number of aromatic hydroxyl groups is 1. The summed E-state index contributed by atoms with van der Waals surface area (Å²) in [5, 5.41) is 17.8. The fourth-order valence-corrected chi connectivity index (χ4v) is 6.99. The number of ether oxygens (including phenoxy) is 2. The first kappa shape index (κ1) is 39.7. The summed E-state index contributed by atoms with van der Waals surface area (Å²) in [5.41, 5.74) is 6.58. The standard InChI is InChI=1S/C43H43ClN4O8/c44-22-19-33(28-5-2-1-3-6-28)41(29-9-13-31(49)14-10-29)30-11-15-32(16-12-30)56-26-23-45-38(50)20-24-55-25-21-40(52)46-36-8-4-7-34-35(36)27-48(43(34)54)37-17-18-39(51)47-42(37)53/h1-16,37,49H,17-27H2,(H,45,50)(H,46,52)(H,47,51,53). The topological polar surface area (TPSA) is 163 Å². The fourth-order valence-electron chi connectivity index (χ4n) is 6.80. The van der Waals surface area contributed by atoms with Gasteiger partial charge in [0.05, 0.1) is 26.2 Å². The van der Waals surface area contributed by atoms with Crippen LogP contribution >= 0.6 is 11.6 Å². The fraction of sp³-hybridized carbons (Fsp3) is 0.279. The van der Waals surface area contributed by atoms with Gasteiger partial charge in [-0.1, -0.05) is 60.7 Å². The number of carbonyl (C=O) groups is 5. The summed E-state index contributed by atoms with van der Waals surface area (Å²) in [5.74, 6) is -0.433. The van der Waals surface area contributed by atoms with Crippen molar-refractivity contribution in [1.82, 2.24) is 15.5 Å². The van der Waals surface area contributed by atoms with E-state index in [4.69, 9.17) is 21.1 Å². The number of halogens is 1. The lowest BCUT2D eigenvalue weighted by Crippen LogP contribution is -2.52. The third-order valence-corrected chi connectivity index (χ3v) is 9.75. The smallest absolute Gasteiger partial charge is 0.255 e. The van der Waals surface area contributed by atoms with Crippen LogP contribution in [0.5, 0.6) is 11.5 Å². The second-order valence-electron chi connectivity index (χ2n) is 13.3. The van der Waals surface area contributed by atoms with Gasteiger partial charge < -0.3 is 30.1 Å². The number of nitrogens with zero attached hydrogens (tertiary/aromatic N) is 1. The van der Waals surface area contributed by atoms with Crippen molar-refractivity contribution in [2.24, 2.45) is 0 Å². The number of anilines is 1. The van der Waals surface area contributed by atoms with Crippen LogP contribution in [0.2, 0.25) is 0 Å². The number of piperidine rings is 1. The van der Waals surface area contributed by atoms with Crippen LogP contribution in [0.4, 0.5) is 5.69 Å². The number of hydrogen-bond acceptors (Lipinski definition) is 8. The molecule has 0 aliphatic carbocycles. The summed E-state index contributed by atoms with van der Waals surface area (Å²) in [6, 6.07) is 29.2. The molecule has 12 nitrogen and oxygen atoms in total. The van der Waals surface area contributed by atoms with E-state index >= 15 is 0 Å². The zero-order valence-electron chi connectivity index (χ0n) is 30.7. The number of fused-ring (bicyclic) bond motifs is 1. The van der Waals surface area contributed by atoms with Gasteiger partial charge in [-0.25, -0.2) is 0 Å². The minimum absolute atomic E-state index is 0.0369. The molecule has 5 amide bonds. The third-order valence-electron chi connectivity index (χ3n) is 9.56. The van der Waals surface area contributed by atoms with Crippen molar-refractivity contribution in [3.05, 3.63) is 125 Å². The molecule has 2 aliphatic heterocycles. The molecule has 4 N–H and O–H groups in total. The summed E-state index contributed by atoms with van der Waals surface area (Å²) in [4.78, 5) is 63.5. The van der Waals surface area contributed by atoms with Crippen molar-refractivity contribution < 1.29 is 38.6 Å². The van der Waals surface area contributed by atoms with Crippen LogP contribution in [-0.2, 0) is 30.5 Å². The number of amides is 5. The highest BCUT2D eigenvalue weighted by Crippen LogP contribution is 2.36. The van der Waals surface area contributed by atoms with E-state index in [2.05, 4.69) is 28.1 Å². The van der Waals surface area contributed by atoms with Crippen LogP contribution in [0.25, 0.3) is 11.1 Å². The van der Waals surface area contributed by atoms with Crippen LogP contribution < -0.4 is 20.7 Å². The van der Waals surface area contributed by atoms with Gasteiger partial charge >= 0.3 is 0 Å². The average Bonchev–Trinajstić information content (AvgIpc) is 3.54. The zero-order chi connectivity index (χ0) is 39.4. The Bertz CT molecular complexity index is 2090. The molecule has 6 rings (SSSR count). The number of benzene rings is 4. The maximum atomic E-state index is 13.0. The summed E-state index contributed by atoms with van der Waals surface area (Å²) in [7, 11) is 0. The van der Waals surface area contributed by atoms with Gasteiger partial charge in [0, 0.05) is 42.1 Å². The summed E-state index contributed by atoms with van der Waals surface area (Å²) < 4.78 is 11.4. The number of hydrogen-bond donors (Lipinski definition) is 4. The molecule has 1 unspecified atom stereocenters. The van der Waals surface area contributed by atoms with E-state index in [0.717, 1.165) is 27.8 Å². The summed E-state index contributed by atoms with van der Waals surface area (Å²) in [6.45, 7) is 0.917. The molecular formula is C43H43ClN4O8. The molecule has 1 atom stereocenters. The lowest BCUT2D eigenvalue weighted by atomic mass is 9.88. The van der Waals surface area contributed by atoms with Gasteiger partial charge in [-0.05, 0) is 77.1 Å². The van der Waals surface area contributed by atoms with E-state index < -0.39 is 11.9 Å². The quantitative estimate of drug-likeness (QED) is 0.0461. The van der Waals surface area contributed by atoms with Crippen LogP contribution in [0, 0.1) is 0 Å². The zero-order valence-corrected chi connectivity index (χ0v) is 31.5. The molecule has 0 radical (unpaired) electrons. The number of allylic oxidation sites excluding steroid dienone is 1. The van der Waals surface area contributed by atoms with E-state index in [1.165, 1.54) is 4.90 Å². The number of alkyl halides is 1. The van der Waals surface area contributed by atoms with Crippen molar-refractivity contribution in [3.63, 3.8) is 0 Å². The molecule has 4 aromatic rings. The second-order valence-corrected chi connectivity index (χ2v) is 13.7. The molecule has 290 valence electrons. The predicted molar refractivity (Wildman–Crippen MR) is 212 cm³/mol. The van der Waals surface area contributed by atoms with E-state index in [0.29, 0.717) is 41.4 Å². The highest BCUT2D eigenvalue weighted by Gasteiger charge is 2.40. The Morgan fingerprint density at radius 2 is 1.50 bits per heavy atom. The Labute approximate surface area is 329 Å². The lowest BCUT2D eigenvalue weighted by molar-refractivity contribution is -0.137. The Balaban J connectivity index is 0.916. The molecular weight excluding hydrogens is 736 g/mol. The number of carbonyl (C=O) groups excluding carboxylic acids is 5. The minimum Gasteiger partial charge on any atom is -0.508 e. The molecule has 2 heterocycles. The van der Waals surface area contributed by atoms with Gasteiger partial charge in [-0.15, -0.1) is 11.6 Å². The van der Waals surface area contributed by atoms with Crippen molar-refractivity contribution in [2.45, 2.75) is 44.7 Å². The van der Waals surface area contributed by atoms with E-state index in [1.54, 1.807) is 30.3 Å². The number of rotatable bonds is 17. The first-order chi connectivity index (χ1) is 27.2.